The molecule has 1 unspecified atom stereocenters. The number of nitrogens with zero attached hydrogens (tertiary/aromatic N) is 3. The minimum atomic E-state index is -0.303. The fourth-order valence-electron chi connectivity index (χ4n) is 3.85. The van der Waals surface area contributed by atoms with Crippen molar-refractivity contribution in [1.29, 1.82) is 5.41 Å². The van der Waals surface area contributed by atoms with Gasteiger partial charge in [-0.25, -0.2) is 14.4 Å². The summed E-state index contributed by atoms with van der Waals surface area (Å²) < 4.78 is 13.9. The predicted molar refractivity (Wildman–Crippen MR) is 136 cm³/mol. The second-order valence-corrected chi connectivity index (χ2v) is 9.09. The van der Waals surface area contributed by atoms with E-state index in [2.05, 4.69) is 20.6 Å². The van der Waals surface area contributed by atoms with Gasteiger partial charge in [-0.05, 0) is 55.0 Å². The van der Waals surface area contributed by atoms with Crippen molar-refractivity contribution in [2.45, 2.75) is 24.8 Å². The molecule has 0 aromatic heterocycles. The molecule has 3 N–H and O–H groups in total. The smallest absolute Gasteiger partial charge is 0.225 e. The molecule has 2 heterocycles. The lowest BCUT2D eigenvalue weighted by Crippen LogP contribution is -2.37. The maximum atomic E-state index is 13.9. The first-order chi connectivity index (χ1) is 16.4. The third kappa shape index (κ3) is 5.53. The molecule has 1 amide bonds. The number of aliphatic imine (C=N–C) groups is 2. The standard InChI is InChI=1S/C25H27FN6OS/c1-16-3-6-19(11-22(16)26)28-13-21-23(27)30-15-31-24(21)32-10-9-18(14-32)25(33)29-12-17-4-7-20(34-2)8-5-17/h3-8,11,13,15,18,27-28H,9-10,12,14H2,1-2H3,(H,29,33)/b21-13+,27-23?. The number of likely N-dealkylation sites (tertiary alicyclic amines) is 1. The predicted octanol–water partition coefficient (Wildman–Crippen LogP) is 4.21. The Morgan fingerprint density at radius 1 is 1.29 bits per heavy atom. The van der Waals surface area contributed by atoms with Gasteiger partial charge in [0.2, 0.25) is 5.91 Å². The highest BCUT2D eigenvalue weighted by atomic mass is 32.2. The van der Waals surface area contributed by atoms with E-state index in [0.717, 1.165) is 5.56 Å². The zero-order chi connectivity index (χ0) is 24.1. The molecule has 0 spiro atoms. The van der Waals surface area contributed by atoms with Crippen molar-refractivity contribution >= 4 is 41.4 Å². The Hall–Kier alpha value is -3.46. The number of carbonyl (C=O) groups excluding carboxylic acids is 1. The van der Waals surface area contributed by atoms with Gasteiger partial charge in [0.05, 0.1) is 11.5 Å². The molecule has 0 radical (unpaired) electrons. The van der Waals surface area contributed by atoms with Gasteiger partial charge in [-0.15, -0.1) is 11.8 Å². The summed E-state index contributed by atoms with van der Waals surface area (Å²) in [6, 6.07) is 13.0. The number of nitrogens with one attached hydrogen (secondary N) is 3. The van der Waals surface area contributed by atoms with E-state index < -0.39 is 0 Å². The summed E-state index contributed by atoms with van der Waals surface area (Å²) in [5.41, 5.74) is 2.69. The minimum absolute atomic E-state index is 0.00961. The van der Waals surface area contributed by atoms with Crippen LogP contribution in [0.15, 0.2) is 69.1 Å². The Morgan fingerprint density at radius 2 is 2.09 bits per heavy atom. The van der Waals surface area contributed by atoms with Gasteiger partial charge in [0, 0.05) is 36.4 Å². The van der Waals surface area contributed by atoms with Crippen LogP contribution in [0.1, 0.15) is 17.5 Å². The maximum absolute atomic E-state index is 13.9. The number of halogens is 1. The lowest BCUT2D eigenvalue weighted by atomic mass is 10.1. The van der Waals surface area contributed by atoms with E-state index in [0.29, 0.717) is 48.7 Å². The molecule has 1 saturated heterocycles. The van der Waals surface area contributed by atoms with Gasteiger partial charge in [-0.3, -0.25) is 10.2 Å². The quantitative estimate of drug-likeness (QED) is 0.543. The van der Waals surface area contributed by atoms with E-state index in [1.165, 1.54) is 17.3 Å². The lowest BCUT2D eigenvalue weighted by molar-refractivity contribution is -0.124. The highest BCUT2D eigenvalue weighted by molar-refractivity contribution is 7.98. The summed E-state index contributed by atoms with van der Waals surface area (Å²) in [5, 5.41) is 14.3. The van der Waals surface area contributed by atoms with Gasteiger partial charge in [0.25, 0.3) is 0 Å². The number of anilines is 1. The molecule has 2 aliphatic rings. The van der Waals surface area contributed by atoms with Crippen LogP contribution >= 0.6 is 11.8 Å². The average molecular weight is 479 g/mol. The first kappa shape index (κ1) is 23.7. The van der Waals surface area contributed by atoms with Crippen molar-refractivity contribution in [2.24, 2.45) is 15.9 Å². The van der Waals surface area contributed by atoms with Gasteiger partial charge >= 0.3 is 0 Å². The Bertz CT molecular complexity index is 1170. The molecule has 2 aromatic carbocycles. The lowest BCUT2D eigenvalue weighted by Gasteiger charge is -2.23. The monoisotopic (exact) mass is 478 g/mol. The largest absolute Gasteiger partial charge is 0.361 e. The van der Waals surface area contributed by atoms with E-state index in [4.69, 9.17) is 5.41 Å². The number of amidine groups is 2. The van der Waals surface area contributed by atoms with E-state index in [-0.39, 0.29) is 23.5 Å². The summed E-state index contributed by atoms with van der Waals surface area (Å²) in [7, 11) is 0. The van der Waals surface area contributed by atoms with Crippen molar-refractivity contribution < 1.29 is 9.18 Å². The van der Waals surface area contributed by atoms with E-state index in [1.807, 2.05) is 35.4 Å². The van der Waals surface area contributed by atoms with E-state index in [1.54, 1.807) is 37.0 Å². The average Bonchev–Trinajstić information content (AvgIpc) is 3.34. The normalized spacial score (nSPS) is 18.9. The number of carbonyl (C=O) groups is 1. The number of aryl methyl sites for hydroxylation is 1. The Kier molecular flexibility index (Phi) is 7.42. The number of amides is 1. The number of benzene rings is 2. The van der Waals surface area contributed by atoms with Crippen LogP contribution < -0.4 is 10.6 Å². The molecule has 1 fully saturated rings. The van der Waals surface area contributed by atoms with Gasteiger partial charge in [-0.2, -0.15) is 0 Å². The molecule has 1 atom stereocenters. The first-order valence-corrected chi connectivity index (χ1v) is 12.2. The number of hydrogen-bond donors (Lipinski definition) is 3. The van der Waals surface area contributed by atoms with Gasteiger partial charge in [0.1, 0.15) is 18.0 Å². The van der Waals surface area contributed by atoms with Crippen LogP contribution in [0.25, 0.3) is 0 Å². The van der Waals surface area contributed by atoms with Crippen molar-refractivity contribution in [1.82, 2.24) is 10.2 Å². The van der Waals surface area contributed by atoms with Crippen molar-refractivity contribution in [3.05, 3.63) is 71.2 Å². The molecule has 4 rings (SSSR count). The maximum Gasteiger partial charge on any atom is 0.225 e. The number of thioether (sulfide) groups is 1. The second kappa shape index (κ2) is 10.6. The van der Waals surface area contributed by atoms with Gasteiger partial charge < -0.3 is 15.5 Å². The molecule has 34 heavy (non-hydrogen) atoms. The fourth-order valence-corrected chi connectivity index (χ4v) is 4.26. The summed E-state index contributed by atoms with van der Waals surface area (Å²) in [4.78, 5) is 24.3. The highest BCUT2D eigenvalue weighted by Gasteiger charge is 2.32. The van der Waals surface area contributed by atoms with E-state index >= 15 is 0 Å². The summed E-state index contributed by atoms with van der Waals surface area (Å²) in [6.45, 7) is 3.35. The molecular formula is C25H27FN6OS. The molecule has 2 aliphatic heterocycles. The molecule has 2 aromatic rings. The SMILES string of the molecule is CSc1ccc(CNC(=O)C2CCN(C3=NC=NC(=N)/C3=C\Nc3ccc(C)c(F)c3)C2)cc1. The molecule has 0 saturated carbocycles. The Morgan fingerprint density at radius 3 is 2.82 bits per heavy atom. The molecule has 7 nitrogen and oxygen atoms in total. The minimum Gasteiger partial charge on any atom is -0.361 e. The van der Waals surface area contributed by atoms with Crippen LogP contribution in [0.4, 0.5) is 10.1 Å². The molecule has 176 valence electrons. The molecule has 0 bridgehead atoms. The molecule has 0 aliphatic carbocycles. The summed E-state index contributed by atoms with van der Waals surface area (Å²) in [6.07, 6.45) is 5.70. The number of rotatable bonds is 6. The third-order valence-corrected chi connectivity index (χ3v) is 6.65. The zero-order valence-electron chi connectivity index (χ0n) is 19.1. The second-order valence-electron chi connectivity index (χ2n) is 8.21. The Labute approximate surface area is 202 Å². The highest BCUT2D eigenvalue weighted by Crippen LogP contribution is 2.22. The number of hydrogen-bond acceptors (Lipinski definition) is 6. The van der Waals surface area contributed by atoms with Crippen LogP contribution in [0.2, 0.25) is 0 Å². The van der Waals surface area contributed by atoms with Gasteiger partial charge in [0.15, 0.2) is 5.84 Å². The Balaban J connectivity index is 1.38. The van der Waals surface area contributed by atoms with Crippen molar-refractivity contribution in [3.63, 3.8) is 0 Å². The van der Waals surface area contributed by atoms with Crippen LogP contribution in [0.5, 0.6) is 0 Å². The van der Waals surface area contributed by atoms with Crippen LogP contribution in [0.3, 0.4) is 0 Å². The van der Waals surface area contributed by atoms with Crippen LogP contribution in [0, 0.1) is 24.1 Å². The van der Waals surface area contributed by atoms with E-state index in [9.17, 15) is 9.18 Å². The van der Waals surface area contributed by atoms with Crippen molar-refractivity contribution in [3.8, 4) is 0 Å². The van der Waals surface area contributed by atoms with Crippen molar-refractivity contribution in [2.75, 3.05) is 24.7 Å². The molecular weight excluding hydrogens is 451 g/mol. The summed E-state index contributed by atoms with van der Waals surface area (Å²) >= 11 is 1.69. The first-order valence-electron chi connectivity index (χ1n) is 11.0. The molecule has 9 heteroatoms. The van der Waals surface area contributed by atoms with Crippen LogP contribution in [-0.2, 0) is 11.3 Å². The summed E-state index contributed by atoms with van der Waals surface area (Å²) in [5.74, 6) is 0.189. The third-order valence-electron chi connectivity index (χ3n) is 5.90. The topological polar surface area (TPSA) is 92.9 Å². The van der Waals surface area contributed by atoms with Crippen LogP contribution in [-0.4, -0.2) is 48.2 Å². The fraction of sp³-hybridized carbons (Fsp3) is 0.280. The van der Waals surface area contributed by atoms with Gasteiger partial charge in [-0.1, -0.05) is 18.2 Å². The zero-order valence-corrected chi connectivity index (χ0v) is 20.0.